The van der Waals surface area contributed by atoms with Crippen molar-refractivity contribution >= 4 is 11.6 Å². The zero-order chi connectivity index (χ0) is 17.4. The second-order valence-electron chi connectivity index (χ2n) is 6.83. The van der Waals surface area contributed by atoms with Gasteiger partial charge in [-0.25, -0.2) is 0 Å². The number of hydrogen-bond acceptors (Lipinski definition) is 0. The molecule has 0 unspecified atom stereocenters. The van der Waals surface area contributed by atoms with Gasteiger partial charge in [0.1, 0.15) is 0 Å². The van der Waals surface area contributed by atoms with Crippen molar-refractivity contribution in [3.05, 3.63) is 94.5 Å². The van der Waals surface area contributed by atoms with Gasteiger partial charge in [0.2, 0.25) is 0 Å². The second kappa shape index (κ2) is 6.11. The van der Waals surface area contributed by atoms with Gasteiger partial charge in [-0.1, -0.05) is 74.4 Å². The van der Waals surface area contributed by atoms with Gasteiger partial charge >= 0.3 is 0 Å². The summed E-state index contributed by atoms with van der Waals surface area (Å²) in [6.45, 7) is 4.48. The van der Waals surface area contributed by atoms with Crippen molar-refractivity contribution in [2.75, 3.05) is 0 Å². The standard InChI is InChI=1S/C25H20/c1-4-18-8-7-9-19(14-18)15-24-22-11-6-5-10-21(22)23-13-12-20(17(2)3)16-25(23)24/h1,5-17H,2-3H3/b24-15+. The maximum Gasteiger partial charge on any atom is 0.0248 e. The third-order valence-electron chi connectivity index (χ3n) is 4.87. The Morgan fingerprint density at radius 2 is 1.56 bits per heavy atom. The average Bonchev–Trinajstić information content (AvgIpc) is 2.95. The number of fused-ring (bicyclic) bond motifs is 3. The van der Waals surface area contributed by atoms with Crippen molar-refractivity contribution < 1.29 is 0 Å². The fraction of sp³-hybridized carbons (Fsp3) is 0.120. The molecule has 3 aromatic rings. The third kappa shape index (κ3) is 2.69. The van der Waals surface area contributed by atoms with Gasteiger partial charge in [-0.2, -0.15) is 0 Å². The van der Waals surface area contributed by atoms with Crippen molar-refractivity contribution in [1.82, 2.24) is 0 Å². The Balaban J connectivity index is 1.94. The minimum Gasteiger partial charge on any atom is -0.115 e. The molecular weight excluding hydrogens is 300 g/mol. The number of hydrogen-bond donors (Lipinski definition) is 0. The molecule has 0 saturated heterocycles. The summed E-state index contributed by atoms with van der Waals surface area (Å²) in [6.07, 6.45) is 7.82. The largest absolute Gasteiger partial charge is 0.115 e. The van der Waals surface area contributed by atoms with Crippen LogP contribution >= 0.6 is 0 Å². The zero-order valence-electron chi connectivity index (χ0n) is 14.6. The van der Waals surface area contributed by atoms with Crippen molar-refractivity contribution in [2.24, 2.45) is 0 Å². The molecule has 0 aliphatic heterocycles. The second-order valence-corrected chi connectivity index (χ2v) is 6.83. The molecule has 0 nitrogen and oxygen atoms in total. The molecule has 120 valence electrons. The lowest BCUT2D eigenvalue weighted by Gasteiger charge is -2.09. The smallest absolute Gasteiger partial charge is 0.0248 e. The van der Waals surface area contributed by atoms with E-state index < -0.39 is 0 Å². The van der Waals surface area contributed by atoms with E-state index in [0.29, 0.717) is 5.92 Å². The summed E-state index contributed by atoms with van der Waals surface area (Å²) in [4.78, 5) is 0. The minimum absolute atomic E-state index is 0.514. The highest BCUT2D eigenvalue weighted by atomic mass is 14.3. The predicted octanol–water partition coefficient (Wildman–Crippen LogP) is 6.36. The maximum atomic E-state index is 5.56. The number of rotatable bonds is 2. The Kier molecular flexibility index (Phi) is 3.79. The van der Waals surface area contributed by atoms with Crippen LogP contribution in [0.2, 0.25) is 0 Å². The highest BCUT2D eigenvalue weighted by molar-refractivity contribution is 6.06. The van der Waals surface area contributed by atoms with E-state index in [2.05, 4.69) is 80.4 Å². The average molecular weight is 320 g/mol. The van der Waals surface area contributed by atoms with Gasteiger partial charge in [-0.3, -0.25) is 0 Å². The first kappa shape index (κ1) is 15.5. The van der Waals surface area contributed by atoms with Gasteiger partial charge in [0.05, 0.1) is 0 Å². The molecule has 0 heteroatoms. The first-order valence-electron chi connectivity index (χ1n) is 8.70. The Morgan fingerprint density at radius 1 is 0.800 bits per heavy atom. The molecule has 0 aromatic heterocycles. The van der Waals surface area contributed by atoms with Gasteiger partial charge in [-0.05, 0) is 63.1 Å². The van der Waals surface area contributed by atoms with Gasteiger partial charge in [-0.15, -0.1) is 6.42 Å². The molecule has 3 aromatic carbocycles. The van der Waals surface area contributed by atoms with E-state index in [0.717, 1.165) is 11.1 Å². The van der Waals surface area contributed by atoms with E-state index in [4.69, 9.17) is 6.42 Å². The van der Waals surface area contributed by atoms with Crippen LogP contribution in [0.4, 0.5) is 0 Å². The molecule has 25 heavy (non-hydrogen) atoms. The lowest BCUT2D eigenvalue weighted by molar-refractivity contribution is 0.866. The molecule has 0 fully saturated rings. The van der Waals surface area contributed by atoms with E-state index in [-0.39, 0.29) is 0 Å². The van der Waals surface area contributed by atoms with Crippen LogP contribution in [-0.2, 0) is 0 Å². The van der Waals surface area contributed by atoms with Crippen LogP contribution in [0.25, 0.3) is 22.8 Å². The normalized spacial score (nSPS) is 13.6. The van der Waals surface area contributed by atoms with Crippen LogP contribution in [0, 0.1) is 12.3 Å². The molecule has 0 saturated carbocycles. The minimum atomic E-state index is 0.514. The molecule has 0 heterocycles. The zero-order valence-corrected chi connectivity index (χ0v) is 14.6. The van der Waals surface area contributed by atoms with Crippen molar-refractivity contribution in [1.29, 1.82) is 0 Å². The summed E-state index contributed by atoms with van der Waals surface area (Å²) in [7, 11) is 0. The molecule has 1 aliphatic carbocycles. The van der Waals surface area contributed by atoms with E-state index >= 15 is 0 Å². The Hall–Kier alpha value is -3.04. The lowest BCUT2D eigenvalue weighted by atomic mass is 9.95. The van der Waals surface area contributed by atoms with Gasteiger partial charge in [0.15, 0.2) is 0 Å². The molecule has 1 aliphatic rings. The van der Waals surface area contributed by atoms with Crippen molar-refractivity contribution in [2.45, 2.75) is 19.8 Å². The van der Waals surface area contributed by atoms with E-state index in [1.165, 1.54) is 33.4 Å². The van der Waals surface area contributed by atoms with Crippen LogP contribution in [-0.4, -0.2) is 0 Å². The van der Waals surface area contributed by atoms with E-state index in [1.54, 1.807) is 0 Å². The van der Waals surface area contributed by atoms with Crippen molar-refractivity contribution in [3.8, 4) is 23.5 Å². The summed E-state index contributed by atoms with van der Waals surface area (Å²) in [5, 5.41) is 0. The van der Waals surface area contributed by atoms with Gasteiger partial charge in [0.25, 0.3) is 0 Å². The Morgan fingerprint density at radius 3 is 2.32 bits per heavy atom. The van der Waals surface area contributed by atoms with Gasteiger partial charge in [0, 0.05) is 5.56 Å². The summed E-state index contributed by atoms with van der Waals surface area (Å²) in [6, 6.07) is 23.7. The molecule has 0 atom stereocenters. The highest BCUT2D eigenvalue weighted by Gasteiger charge is 2.23. The van der Waals surface area contributed by atoms with E-state index in [9.17, 15) is 0 Å². The SMILES string of the molecule is C#Cc1cccc(/C=C2\c3ccccc3-c3ccc(C(C)C)cc32)c1. The summed E-state index contributed by atoms with van der Waals surface area (Å²) < 4.78 is 0. The van der Waals surface area contributed by atoms with Crippen LogP contribution in [0.3, 0.4) is 0 Å². The molecule has 4 rings (SSSR count). The topological polar surface area (TPSA) is 0 Å². The summed E-state index contributed by atoms with van der Waals surface area (Å²) in [5.74, 6) is 3.24. The quantitative estimate of drug-likeness (QED) is 0.377. The van der Waals surface area contributed by atoms with Gasteiger partial charge < -0.3 is 0 Å². The fourth-order valence-corrected chi connectivity index (χ4v) is 3.52. The summed E-state index contributed by atoms with van der Waals surface area (Å²) >= 11 is 0. The van der Waals surface area contributed by atoms with Crippen LogP contribution in [0.5, 0.6) is 0 Å². The van der Waals surface area contributed by atoms with Crippen LogP contribution in [0.15, 0.2) is 66.7 Å². The lowest BCUT2D eigenvalue weighted by Crippen LogP contribution is -1.90. The van der Waals surface area contributed by atoms with E-state index in [1.807, 2.05) is 12.1 Å². The molecule has 0 spiro atoms. The fourth-order valence-electron chi connectivity index (χ4n) is 3.52. The molecular formula is C25H20. The molecule has 0 N–H and O–H groups in total. The number of benzene rings is 3. The van der Waals surface area contributed by atoms with Crippen molar-refractivity contribution in [3.63, 3.8) is 0 Å². The monoisotopic (exact) mass is 320 g/mol. The Bertz CT molecular complexity index is 1030. The van der Waals surface area contributed by atoms with Crippen LogP contribution in [0.1, 0.15) is 47.6 Å². The first-order valence-corrected chi connectivity index (χ1v) is 8.70. The molecule has 0 radical (unpaired) electrons. The third-order valence-corrected chi connectivity index (χ3v) is 4.87. The molecule has 0 amide bonds. The number of terminal acetylenes is 1. The molecule has 0 bridgehead atoms. The highest BCUT2D eigenvalue weighted by Crippen LogP contribution is 2.45. The Labute approximate surface area is 149 Å². The summed E-state index contributed by atoms with van der Waals surface area (Å²) in [5.41, 5.74) is 9.95. The maximum absolute atomic E-state index is 5.56. The van der Waals surface area contributed by atoms with Crippen LogP contribution < -0.4 is 0 Å². The first-order chi connectivity index (χ1) is 12.2. The predicted molar refractivity (Wildman–Crippen MR) is 107 cm³/mol.